The van der Waals surface area contributed by atoms with E-state index in [9.17, 15) is 9.59 Å². The molecule has 0 aromatic carbocycles. The molecule has 2 amide bonds. The van der Waals surface area contributed by atoms with Crippen molar-refractivity contribution < 1.29 is 23.6 Å². The van der Waals surface area contributed by atoms with Gasteiger partial charge in [-0.1, -0.05) is 12.1 Å². The van der Waals surface area contributed by atoms with E-state index in [0.717, 1.165) is 6.42 Å². The number of likely N-dealkylation sites (N-methyl/N-ethyl adjacent to an activating group) is 1. The molecule has 1 aromatic rings. The minimum absolute atomic E-state index is 0.0575. The fraction of sp³-hybridized carbons (Fsp3) is 0.706. The summed E-state index contributed by atoms with van der Waals surface area (Å²) >= 11 is 0. The van der Waals surface area contributed by atoms with Crippen LogP contribution in [0.2, 0.25) is 0 Å². The van der Waals surface area contributed by atoms with E-state index < -0.39 is 0 Å². The van der Waals surface area contributed by atoms with Gasteiger partial charge in [-0.3, -0.25) is 9.59 Å². The van der Waals surface area contributed by atoms with Crippen molar-refractivity contribution >= 4 is 11.8 Å². The summed E-state index contributed by atoms with van der Waals surface area (Å²) in [5.41, 5.74) is 0.181. The van der Waals surface area contributed by atoms with Crippen molar-refractivity contribution in [2.75, 3.05) is 47.0 Å². The summed E-state index contributed by atoms with van der Waals surface area (Å²) in [6.45, 7) is 4.20. The highest BCUT2D eigenvalue weighted by atomic mass is 16.5. The molecule has 0 unspecified atom stereocenters. The van der Waals surface area contributed by atoms with Crippen LogP contribution in [-0.2, 0) is 20.7 Å². The first kappa shape index (κ1) is 17.9. The van der Waals surface area contributed by atoms with Gasteiger partial charge >= 0.3 is 0 Å². The fourth-order valence-corrected chi connectivity index (χ4v) is 3.39. The van der Waals surface area contributed by atoms with E-state index in [4.69, 9.17) is 14.0 Å². The average Bonchev–Trinajstić information content (AvgIpc) is 3.19. The molecular weight excluding hydrogens is 326 g/mol. The minimum Gasteiger partial charge on any atom is -0.371 e. The smallest absolute Gasteiger partial charge is 0.259 e. The monoisotopic (exact) mass is 351 g/mol. The number of aryl methyl sites for hydroxylation is 1. The Kier molecular flexibility index (Phi) is 5.10. The van der Waals surface area contributed by atoms with Crippen LogP contribution in [0.3, 0.4) is 0 Å². The van der Waals surface area contributed by atoms with Gasteiger partial charge in [0.2, 0.25) is 5.91 Å². The first-order valence-electron chi connectivity index (χ1n) is 8.61. The Morgan fingerprint density at radius 3 is 2.88 bits per heavy atom. The maximum Gasteiger partial charge on any atom is 0.259 e. The van der Waals surface area contributed by atoms with Crippen molar-refractivity contribution in [1.82, 2.24) is 15.0 Å². The number of rotatable bonds is 6. The number of carbonyl (C=O) groups is 2. The van der Waals surface area contributed by atoms with Crippen molar-refractivity contribution in [2.45, 2.75) is 25.4 Å². The van der Waals surface area contributed by atoms with Crippen molar-refractivity contribution in [2.24, 2.45) is 5.92 Å². The third kappa shape index (κ3) is 3.41. The molecule has 25 heavy (non-hydrogen) atoms. The van der Waals surface area contributed by atoms with E-state index >= 15 is 0 Å². The predicted octanol–water partition coefficient (Wildman–Crippen LogP) is 0.573. The molecule has 0 aliphatic carbocycles. The number of amides is 2. The largest absolute Gasteiger partial charge is 0.371 e. The Bertz CT molecular complexity index is 636. The van der Waals surface area contributed by atoms with Crippen molar-refractivity contribution in [3.05, 3.63) is 17.5 Å². The zero-order chi connectivity index (χ0) is 18.0. The molecule has 0 saturated carbocycles. The first-order valence-corrected chi connectivity index (χ1v) is 8.61. The molecule has 3 rings (SSSR count). The lowest BCUT2D eigenvalue weighted by Gasteiger charge is -2.50. The number of likely N-dealkylation sites (tertiary alicyclic amines) is 1. The summed E-state index contributed by atoms with van der Waals surface area (Å²) in [6.07, 6.45) is 2.99. The molecule has 1 atom stereocenters. The van der Waals surface area contributed by atoms with Crippen LogP contribution in [0, 0.1) is 5.92 Å². The number of hydrogen-bond acceptors (Lipinski definition) is 6. The predicted molar refractivity (Wildman–Crippen MR) is 88.1 cm³/mol. The Morgan fingerprint density at radius 1 is 1.44 bits per heavy atom. The summed E-state index contributed by atoms with van der Waals surface area (Å²) in [4.78, 5) is 27.4. The van der Waals surface area contributed by atoms with Gasteiger partial charge in [0.1, 0.15) is 23.5 Å². The summed E-state index contributed by atoms with van der Waals surface area (Å²) in [5, 5.41) is 3.72. The van der Waals surface area contributed by atoms with E-state index in [1.54, 1.807) is 19.0 Å². The molecule has 138 valence electrons. The Morgan fingerprint density at radius 2 is 2.20 bits per heavy atom. The molecule has 8 heteroatoms. The van der Waals surface area contributed by atoms with Gasteiger partial charge in [0.15, 0.2) is 0 Å². The number of carbonyl (C=O) groups excluding carboxylic acids is 2. The fourth-order valence-electron chi connectivity index (χ4n) is 3.39. The van der Waals surface area contributed by atoms with Crippen LogP contribution in [0.5, 0.6) is 0 Å². The highest BCUT2D eigenvalue weighted by molar-refractivity contribution is 5.95. The molecule has 3 heterocycles. The third-order valence-electron chi connectivity index (χ3n) is 5.04. The molecule has 2 saturated heterocycles. The highest BCUT2D eigenvalue weighted by Gasteiger charge is 2.54. The highest BCUT2D eigenvalue weighted by Crippen LogP contribution is 2.40. The topological polar surface area (TPSA) is 85.1 Å². The van der Waals surface area contributed by atoms with E-state index in [1.165, 1.54) is 11.1 Å². The van der Waals surface area contributed by atoms with Crippen LogP contribution in [0.15, 0.2) is 10.7 Å². The van der Waals surface area contributed by atoms with Crippen LogP contribution in [0.25, 0.3) is 0 Å². The number of aromatic nitrogens is 1. The van der Waals surface area contributed by atoms with Crippen molar-refractivity contribution in [3.63, 3.8) is 0 Å². The van der Waals surface area contributed by atoms with Crippen LogP contribution < -0.4 is 0 Å². The van der Waals surface area contributed by atoms with Crippen LogP contribution >= 0.6 is 0 Å². The normalized spacial score (nSPS) is 21.4. The minimum atomic E-state index is -0.347. The van der Waals surface area contributed by atoms with Gasteiger partial charge in [-0.15, -0.1) is 0 Å². The van der Waals surface area contributed by atoms with Gasteiger partial charge in [-0.05, 0) is 6.42 Å². The maximum atomic E-state index is 12.6. The Labute approximate surface area is 147 Å². The Balaban J connectivity index is 1.54. The third-order valence-corrected chi connectivity index (χ3v) is 5.04. The quantitative estimate of drug-likeness (QED) is 0.745. The second-order valence-electron chi connectivity index (χ2n) is 6.88. The molecule has 2 aliphatic rings. The van der Waals surface area contributed by atoms with Crippen LogP contribution in [0.1, 0.15) is 29.5 Å². The van der Waals surface area contributed by atoms with Crippen LogP contribution in [-0.4, -0.2) is 79.4 Å². The van der Waals surface area contributed by atoms with Gasteiger partial charge in [-0.25, -0.2) is 0 Å². The molecule has 2 fully saturated rings. The number of nitrogens with zero attached hydrogens (tertiary/aromatic N) is 3. The zero-order valence-electron chi connectivity index (χ0n) is 15.0. The van der Waals surface area contributed by atoms with E-state index in [-0.39, 0.29) is 29.9 Å². The number of hydrogen-bond donors (Lipinski definition) is 0. The molecular formula is C17H25N3O5. The van der Waals surface area contributed by atoms with Gasteiger partial charge < -0.3 is 23.8 Å². The van der Waals surface area contributed by atoms with Crippen LogP contribution in [0.4, 0.5) is 0 Å². The van der Waals surface area contributed by atoms with Gasteiger partial charge in [-0.2, -0.15) is 0 Å². The van der Waals surface area contributed by atoms with Crippen molar-refractivity contribution in [1.29, 1.82) is 0 Å². The molecule has 1 aromatic heterocycles. The maximum absolute atomic E-state index is 12.6. The van der Waals surface area contributed by atoms with Gasteiger partial charge in [0.25, 0.3) is 5.91 Å². The molecule has 8 nitrogen and oxygen atoms in total. The summed E-state index contributed by atoms with van der Waals surface area (Å²) in [7, 11) is 3.41. The molecule has 1 spiro atoms. The van der Waals surface area contributed by atoms with E-state index in [0.29, 0.717) is 44.0 Å². The van der Waals surface area contributed by atoms with E-state index in [2.05, 4.69) is 5.16 Å². The summed E-state index contributed by atoms with van der Waals surface area (Å²) in [6, 6.07) is 0. The second-order valence-corrected chi connectivity index (χ2v) is 6.88. The SMILES string of the molecule is CCc1oncc1C(=O)N1CC2(C1)OCC[C@H]2COCC(=O)N(C)C. The van der Waals surface area contributed by atoms with E-state index in [1.807, 2.05) is 6.92 Å². The zero-order valence-corrected chi connectivity index (χ0v) is 15.0. The summed E-state index contributed by atoms with van der Waals surface area (Å²) < 4.78 is 16.6. The lowest BCUT2D eigenvalue weighted by Crippen LogP contribution is -2.66. The molecule has 0 bridgehead atoms. The lowest BCUT2D eigenvalue weighted by molar-refractivity contribution is -0.141. The average molecular weight is 351 g/mol. The van der Waals surface area contributed by atoms with Gasteiger partial charge in [0.05, 0.1) is 25.9 Å². The first-order chi connectivity index (χ1) is 12.0. The molecule has 0 radical (unpaired) electrons. The van der Waals surface area contributed by atoms with Crippen molar-refractivity contribution in [3.8, 4) is 0 Å². The molecule has 0 N–H and O–H groups in total. The summed E-state index contributed by atoms with van der Waals surface area (Å²) in [5.74, 6) is 0.680. The molecule has 2 aliphatic heterocycles. The standard InChI is InChI=1S/C17H25N3O5/c1-4-14-13(7-18-25-14)16(22)20-10-17(11-20)12(5-6-24-17)8-23-9-15(21)19(2)3/h7,12H,4-6,8-11H2,1-3H3/t12-/m0/s1. The Hall–Kier alpha value is -1.93. The van der Waals surface area contributed by atoms with Gasteiger partial charge in [0, 0.05) is 33.0 Å². The number of ether oxygens (including phenoxy) is 2. The second kappa shape index (κ2) is 7.13. The lowest BCUT2D eigenvalue weighted by atomic mass is 9.81.